The molecule has 1 saturated carbocycles. The summed E-state index contributed by atoms with van der Waals surface area (Å²) in [5.74, 6) is -1.40. The van der Waals surface area contributed by atoms with Gasteiger partial charge >= 0.3 is 5.97 Å². The van der Waals surface area contributed by atoms with Crippen molar-refractivity contribution in [3.8, 4) is 0 Å². The van der Waals surface area contributed by atoms with Crippen LogP contribution < -0.4 is 11.1 Å². The molecule has 0 aliphatic heterocycles. The molecule has 1 aliphatic rings. The molecule has 0 aromatic rings. The van der Waals surface area contributed by atoms with E-state index in [9.17, 15) is 9.59 Å². The first-order valence-corrected chi connectivity index (χ1v) is 4.33. The zero-order valence-corrected chi connectivity index (χ0v) is 7.38. The highest BCUT2D eigenvalue weighted by atomic mass is 16.4. The predicted octanol–water partition coefficient (Wildman–Crippen LogP) is -0.541. The maximum absolute atomic E-state index is 10.9. The molecule has 5 heteroatoms. The highest BCUT2D eigenvalue weighted by Crippen LogP contribution is 2.29. The number of aliphatic carboxylic acids is 1. The van der Waals surface area contributed by atoms with Crippen LogP contribution in [0.5, 0.6) is 0 Å². The van der Waals surface area contributed by atoms with Crippen LogP contribution in [0, 0.1) is 0 Å². The molecule has 1 aliphatic carbocycles. The van der Waals surface area contributed by atoms with Crippen molar-refractivity contribution in [2.45, 2.75) is 31.2 Å². The fraction of sp³-hybridized carbons (Fsp3) is 0.750. The van der Waals surface area contributed by atoms with Crippen LogP contribution in [0.25, 0.3) is 0 Å². The van der Waals surface area contributed by atoms with Gasteiger partial charge in [-0.3, -0.25) is 14.9 Å². The molecule has 4 N–H and O–H groups in total. The highest BCUT2D eigenvalue weighted by molar-refractivity contribution is 5.81. The van der Waals surface area contributed by atoms with E-state index in [0.717, 1.165) is 12.8 Å². The van der Waals surface area contributed by atoms with Crippen molar-refractivity contribution in [3.05, 3.63) is 0 Å². The van der Waals surface area contributed by atoms with E-state index >= 15 is 0 Å². The third kappa shape index (κ3) is 2.18. The summed E-state index contributed by atoms with van der Waals surface area (Å²) in [6.07, 6.45) is 2.93. The lowest BCUT2D eigenvalue weighted by atomic mass is 9.98. The van der Waals surface area contributed by atoms with E-state index < -0.39 is 17.4 Å². The van der Waals surface area contributed by atoms with Crippen molar-refractivity contribution in [3.63, 3.8) is 0 Å². The first-order chi connectivity index (χ1) is 6.07. The van der Waals surface area contributed by atoms with E-state index in [-0.39, 0.29) is 6.54 Å². The zero-order valence-electron chi connectivity index (χ0n) is 7.38. The summed E-state index contributed by atoms with van der Waals surface area (Å²) >= 11 is 0. The molecule has 0 spiro atoms. The first kappa shape index (κ1) is 9.98. The Labute approximate surface area is 76.3 Å². The van der Waals surface area contributed by atoms with Crippen LogP contribution in [0.4, 0.5) is 0 Å². The third-order valence-corrected chi connectivity index (χ3v) is 2.47. The SMILES string of the molecule is NC(=O)CNC1(C(=O)O)CCCC1. The number of primary amides is 1. The van der Waals surface area contributed by atoms with Gasteiger partial charge in [-0.1, -0.05) is 12.8 Å². The summed E-state index contributed by atoms with van der Waals surface area (Å²) in [4.78, 5) is 21.4. The number of nitrogens with two attached hydrogens (primary N) is 1. The number of carbonyl (C=O) groups is 2. The summed E-state index contributed by atoms with van der Waals surface area (Å²) in [5.41, 5.74) is 4.03. The minimum Gasteiger partial charge on any atom is -0.480 e. The standard InChI is InChI=1S/C8H14N2O3/c9-6(11)5-10-8(7(12)13)3-1-2-4-8/h10H,1-5H2,(H2,9,11)(H,12,13). The van der Waals surface area contributed by atoms with Crippen LogP contribution in [0.15, 0.2) is 0 Å². The smallest absolute Gasteiger partial charge is 0.323 e. The number of carbonyl (C=O) groups excluding carboxylic acids is 1. The van der Waals surface area contributed by atoms with Gasteiger partial charge in [0.2, 0.25) is 5.91 Å². The van der Waals surface area contributed by atoms with E-state index in [1.54, 1.807) is 0 Å². The van der Waals surface area contributed by atoms with Crippen molar-refractivity contribution in [1.29, 1.82) is 0 Å². The normalized spacial score (nSPS) is 20.0. The highest BCUT2D eigenvalue weighted by Gasteiger charge is 2.40. The number of carboxylic acid groups (broad SMARTS) is 1. The Balaban J connectivity index is 2.57. The predicted molar refractivity (Wildman–Crippen MR) is 46.0 cm³/mol. The molecule has 0 radical (unpaired) electrons. The van der Waals surface area contributed by atoms with Gasteiger partial charge in [0, 0.05) is 0 Å². The summed E-state index contributed by atoms with van der Waals surface area (Å²) in [6, 6.07) is 0. The first-order valence-electron chi connectivity index (χ1n) is 4.33. The van der Waals surface area contributed by atoms with Gasteiger partial charge in [0.15, 0.2) is 0 Å². The maximum Gasteiger partial charge on any atom is 0.323 e. The fourth-order valence-corrected chi connectivity index (χ4v) is 1.70. The maximum atomic E-state index is 10.9. The molecule has 0 aromatic heterocycles. The molecule has 1 rings (SSSR count). The van der Waals surface area contributed by atoms with Crippen LogP contribution in [0.2, 0.25) is 0 Å². The second kappa shape index (κ2) is 3.74. The van der Waals surface area contributed by atoms with Crippen molar-refractivity contribution >= 4 is 11.9 Å². The van der Waals surface area contributed by atoms with Crippen molar-refractivity contribution in [1.82, 2.24) is 5.32 Å². The molecular weight excluding hydrogens is 172 g/mol. The Kier molecular flexibility index (Phi) is 2.87. The van der Waals surface area contributed by atoms with Crippen LogP contribution in [0.1, 0.15) is 25.7 Å². The molecule has 1 amide bonds. The van der Waals surface area contributed by atoms with Crippen LogP contribution in [0.3, 0.4) is 0 Å². The number of hydrogen-bond donors (Lipinski definition) is 3. The second-order valence-electron chi connectivity index (χ2n) is 3.41. The fourth-order valence-electron chi connectivity index (χ4n) is 1.70. The lowest BCUT2D eigenvalue weighted by molar-refractivity contribution is -0.144. The van der Waals surface area contributed by atoms with Gasteiger partial charge < -0.3 is 10.8 Å². The van der Waals surface area contributed by atoms with Gasteiger partial charge in [-0.25, -0.2) is 0 Å². The summed E-state index contributed by atoms with van der Waals surface area (Å²) in [6.45, 7) is -0.0632. The summed E-state index contributed by atoms with van der Waals surface area (Å²) < 4.78 is 0. The Morgan fingerprint density at radius 2 is 1.92 bits per heavy atom. The van der Waals surface area contributed by atoms with Crippen LogP contribution in [-0.2, 0) is 9.59 Å². The molecular formula is C8H14N2O3. The van der Waals surface area contributed by atoms with Crippen LogP contribution >= 0.6 is 0 Å². The number of hydrogen-bond acceptors (Lipinski definition) is 3. The second-order valence-corrected chi connectivity index (χ2v) is 3.41. The van der Waals surface area contributed by atoms with Gasteiger partial charge in [-0.2, -0.15) is 0 Å². The van der Waals surface area contributed by atoms with Gasteiger partial charge in [-0.05, 0) is 12.8 Å². The molecule has 5 nitrogen and oxygen atoms in total. The molecule has 13 heavy (non-hydrogen) atoms. The molecule has 1 fully saturated rings. The Bertz CT molecular complexity index is 221. The summed E-state index contributed by atoms with van der Waals surface area (Å²) in [7, 11) is 0. The largest absolute Gasteiger partial charge is 0.480 e. The van der Waals surface area contributed by atoms with Crippen molar-refractivity contribution in [2.24, 2.45) is 5.73 Å². The van der Waals surface area contributed by atoms with Crippen molar-refractivity contribution in [2.75, 3.05) is 6.54 Å². The molecule has 0 heterocycles. The van der Waals surface area contributed by atoms with E-state index in [1.165, 1.54) is 0 Å². The number of nitrogens with one attached hydrogen (secondary N) is 1. The minimum atomic E-state index is -0.908. The molecule has 0 unspecified atom stereocenters. The monoisotopic (exact) mass is 186 g/mol. The molecule has 0 atom stereocenters. The zero-order chi connectivity index (χ0) is 9.90. The lowest BCUT2D eigenvalue weighted by Crippen LogP contribution is -2.52. The van der Waals surface area contributed by atoms with Gasteiger partial charge in [0.25, 0.3) is 0 Å². The van der Waals surface area contributed by atoms with E-state index in [2.05, 4.69) is 5.32 Å². The number of carboxylic acids is 1. The Morgan fingerprint density at radius 3 is 2.31 bits per heavy atom. The number of amides is 1. The average molecular weight is 186 g/mol. The van der Waals surface area contributed by atoms with Gasteiger partial charge in [0.1, 0.15) is 5.54 Å². The molecule has 0 saturated heterocycles. The van der Waals surface area contributed by atoms with Crippen LogP contribution in [-0.4, -0.2) is 29.1 Å². The summed E-state index contributed by atoms with van der Waals surface area (Å²) in [5, 5.41) is 11.7. The minimum absolute atomic E-state index is 0.0632. The van der Waals surface area contributed by atoms with Crippen molar-refractivity contribution < 1.29 is 14.7 Å². The Hall–Kier alpha value is -1.10. The average Bonchev–Trinajstić information content (AvgIpc) is 2.50. The van der Waals surface area contributed by atoms with Gasteiger partial charge in [0.05, 0.1) is 6.54 Å². The van der Waals surface area contributed by atoms with Gasteiger partial charge in [-0.15, -0.1) is 0 Å². The molecule has 74 valence electrons. The topological polar surface area (TPSA) is 92.4 Å². The number of rotatable bonds is 4. The van der Waals surface area contributed by atoms with E-state index in [1.807, 2.05) is 0 Å². The molecule has 0 aromatic carbocycles. The molecule has 0 bridgehead atoms. The van der Waals surface area contributed by atoms with E-state index in [4.69, 9.17) is 10.8 Å². The third-order valence-electron chi connectivity index (χ3n) is 2.47. The Morgan fingerprint density at radius 1 is 1.38 bits per heavy atom. The van der Waals surface area contributed by atoms with E-state index in [0.29, 0.717) is 12.8 Å². The lowest BCUT2D eigenvalue weighted by Gasteiger charge is -2.24. The quantitative estimate of drug-likeness (QED) is 0.549.